The molecule has 2 aromatic rings. The van der Waals surface area contributed by atoms with Crippen molar-refractivity contribution >= 4 is 35.0 Å². The van der Waals surface area contributed by atoms with Crippen LogP contribution in [-0.2, 0) is 4.79 Å². The maximum Gasteiger partial charge on any atom is 0.261 e. The van der Waals surface area contributed by atoms with Crippen LogP contribution < -0.4 is 4.90 Å². The topological polar surface area (TPSA) is 57.7 Å². The molecule has 1 heterocycles. The van der Waals surface area contributed by atoms with Crippen molar-refractivity contribution in [2.24, 2.45) is 0 Å². The van der Waals surface area contributed by atoms with Crippen molar-refractivity contribution in [3.8, 4) is 0 Å². The highest BCUT2D eigenvalue weighted by Gasteiger charge is 2.34. The van der Waals surface area contributed by atoms with Crippen molar-refractivity contribution < 1.29 is 14.4 Å². The van der Waals surface area contributed by atoms with Crippen LogP contribution in [0.3, 0.4) is 0 Å². The first-order valence-electron chi connectivity index (χ1n) is 8.48. The number of carbonyl (C=O) groups is 3. The molecule has 0 bridgehead atoms. The van der Waals surface area contributed by atoms with Gasteiger partial charge in [0.2, 0.25) is 5.91 Å². The van der Waals surface area contributed by atoms with Crippen molar-refractivity contribution in [1.82, 2.24) is 4.90 Å². The molecule has 0 N–H and O–H groups in total. The summed E-state index contributed by atoms with van der Waals surface area (Å²) in [5, 5.41) is 0.614. The Morgan fingerprint density at radius 1 is 0.962 bits per heavy atom. The van der Waals surface area contributed by atoms with Crippen LogP contribution in [0.2, 0.25) is 5.02 Å². The highest BCUT2D eigenvalue weighted by molar-refractivity contribution is 6.30. The Balaban J connectivity index is 1.56. The van der Waals surface area contributed by atoms with Crippen LogP contribution in [0.1, 0.15) is 40.5 Å². The lowest BCUT2D eigenvalue weighted by Gasteiger charge is -2.22. The number of nitrogens with zero attached hydrogens (tertiary/aromatic N) is 2. The third kappa shape index (κ3) is 3.63. The van der Waals surface area contributed by atoms with Crippen LogP contribution in [0.4, 0.5) is 5.69 Å². The number of hydrogen-bond donors (Lipinski definition) is 0. The standard InChI is InChI=1S/C20H19ClN2O3/c1-14(24)22(16-10-8-15(21)9-11-16)12-4-5-13-23-19(25)17-6-2-3-7-18(17)20(23)26/h2-3,6-11H,4-5,12-13H2,1H3. The molecule has 3 rings (SSSR count). The first-order chi connectivity index (χ1) is 12.5. The van der Waals surface area contributed by atoms with E-state index in [1.807, 2.05) is 0 Å². The summed E-state index contributed by atoms with van der Waals surface area (Å²) in [6.45, 7) is 2.37. The Labute approximate surface area is 157 Å². The second-order valence-corrected chi connectivity index (χ2v) is 6.60. The molecule has 3 amide bonds. The van der Waals surface area contributed by atoms with Gasteiger partial charge in [0.25, 0.3) is 11.8 Å². The molecule has 0 atom stereocenters. The molecule has 2 aromatic carbocycles. The largest absolute Gasteiger partial charge is 0.313 e. The van der Waals surface area contributed by atoms with Crippen LogP contribution >= 0.6 is 11.6 Å². The number of hydrogen-bond acceptors (Lipinski definition) is 3. The molecule has 0 fully saturated rings. The van der Waals surface area contributed by atoms with Crippen LogP contribution in [0.25, 0.3) is 0 Å². The molecule has 134 valence electrons. The molecule has 0 saturated carbocycles. The lowest BCUT2D eigenvalue weighted by molar-refractivity contribution is -0.116. The number of imide groups is 1. The van der Waals surface area contributed by atoms with Crippen molar-refractivity contribution in [2.75, 3.05) is 18.0 Å². The predicted molar refractivity (Wildman–Crippen MR) is 101 cm³/mol. The van der Waals surface area contributed by atoms with Crippen LogP contribution in [0.5, 0.6) is 0 Å². The molecule has 0 spiro atoms. The fraction of sp³-hybridized carbons (Fsp3) is 0.250. The number of benzene rings is 2. The van der Waals surface area contributed by atoms with Crippen molar-refractivity contribution in [1.29, 1.82) is 0 Å². The number of rotatable bonds is 6. The molecule has 6 heteroatoms. The second-order valence-electron chi connectivity index (χ2n) is 6.16. The minimum absolute atomic E-state index is 0.0620. The van der Waals surface area contributed by atoms with Gasteiger partial charge in [-0.3, -0.25) is 19.3 Å². The zero-order valence-electron chi connectivity index (χ0n) is 14.4. The summed E-state index contributed by atoms with van der Waals surface area (Å²) in [7, 11) is 0. The van der Waals surface area contributed by atoms with Gasteiger partial charge < -0.3 is 4.90 Å². The Morgan fingerprint density at radius 3 is 2.08 bits per heavy atom. The zero-order chi connectivity index (χ0) is 18.7. The summed E-state index contributed by atoms with van der Waals surface area (Å²) in [6.07, 6.45) is 1.30. The van der Waals surface area contributed by atoms with E-state index in [1.165, 1.54) is 11.8 Å². The number of amides is 3. The SMILES string of the molecule is CC(=O)N(CCCCN1C(=O)c2ccccc2C1=O)c1ccc(Cl)cc1. The molecular formula is C20H19ClN2O3. The molecule has 0 radical (unpaired) electrons. The molecule has 5 nitrogen and oxygen atoms in total. The van der Waals surface area contributed by atoms with Gasteiger partial charge in [-0.25, -0.2) is 0 Å². The van der Waals surface area contributed by atoms with E-state index in [0.29, 0.717) is 42.1 Å². The smallest absolute Gasteiger partial charge is 0.261 e. The van der Waals surface area contributed by atoms with Gasteiger partial charge >= 0.3 is 0 Å². The second kappa shape index (κ2) is 7.70. The molecule has 1 aliphatic rings. The van der Waals surface area contributed by atoms with Crippen molar-refractivity contribution in [3.05, 3.63) is 64.7 Å². The van der Waals surface area contributed by atoms with Gasteiger partial charge in [0.1, 0.15) is 0 Å². The van der Waals surface area contributed by atoms with Gasteiger partial charge in [-0.15, -0.1) is 0 Å². The van der Waals surface area contributed by atoms with Gasteiger partial charge in [0, 0.05) is 30.7 Å². The highest BCUT2D eigenvalue weighted by atomic mass is 35.5. The maximum atomic E-state index is 12.3. The Bertz CT molecular complexity index is 813. The average Bonchev–Trinajstić information content (AvgIpc) is 2.87. The summed E-state index contributed by atoms with van der Waals surface area (Å²) in [4.78, 5) is 39.5. The van der Waals surface area contributed by atoms with E-state index < -0.39 is 0 Å². The summed E-state index contributed by atoms with van der Waals surface area (Å²) in [5.74, 6) is -0.550. The number of halogens is 1. The third-order valence-corrected chi connectivity index (χ3v) is 4.66. The van der Waals surface area contributed by atoms with E-state index in [2.05, 4.69) is 0 Å². The lowest BCUT2D eigenvalue weighted by atomic mass is 10.1. The Morgan fingerprint density at radius 2 is 1.54 bits per heavy atom. The first kappa shape index (κ1) is 18.1. The summed E-state index contributed by atoms with van der Waals surface area (Å²) < 4.78 is 0. The van der Waals surface area contributed by atoms with Crippen LogP contribution in [0, 0.1) is 0 Å². The fourth-order valence-corrected chi connectivity index (χ4v) is 3.20. The minimum atomic E-state index is -0.244. The summed E-state index contributed by atoms with van der Waals surface area (Å²) in [5.41, 5.74) is 1.70. The van der Waals surface area contributed by atoms with Gasteiger partial charge in [-0.05, 0) is 49.2 Å². The minimum Gasteiger partial charge on any atom is -0.313 e. The number of unbranched alkanes of at least 4 members (excludes halogenated alkanes) is 1. The monoisotopic (exact) mass is 370 g/mol. The number of anilines is 1. The van der Waals surface area contributed by atoms with Gasteiger partial charge in [-0.1, -0.05) is 23.7 Å². The van der Waals surface area contributed by atoms with E-state index in [1.54, 1.807) is 53.4 Å². The Hall–Kier alpha value is -2.66. The van der Waals surface area contributed by atoms with Crippen LogP contribution in [0.15, 0.2) is 48.5 Å². The van der Waals surface area contributed by atoms with Gasteiger partial charge in [0.15, 0.2) is 0 Å². The van der Waals surface area contributed by atoms with E-state index in [4.69, 9.17) is 11.6 Å². The molecule has 26 heavy (non-hydrogen) atoms. The zero-order valence-corrected chi connectivity index (χ0v) is 15.2. The number of fused-ring (bicyclic) bond motifs is 1. The molecule has 1 aliphatic heterocycles. The van der Waals surface area contributed by atoms with Gasteiger partial charge in [-0.2, -0.15) is 0 Å². The maximum absolute atomic E-state index is 12.3. The lowest BCUT2D eigenvalue weighted by Crippen LogP contribution is -2.32. The van der Waals surface area contributed by atoms with E-state index in [9.17, 15) is 14.4 Å². The quantitative estimate of drug-likeness (QED) is 0.574. The fourth-order valence-electron chi connectivity index (χ4n) is 3.07. The number of carbonyl (C=O) groups excluding carboxylic acids is 3. The molecule has 0 aromatic heterocycles. The first-order valence-corrected chi connectivity index (χ1v) is 8.85. The summed E-state index contributed by atoms with van der Waals surface area (Å²) in [6, 6.07) is 13.9. The van der Waals surface area contributed by atoms with Gasteiger partial charge in [0.05, 0.1) is 11.1 Å². The molecule has 0 unspecified atom stereocenters. The van der Waals surface area contributed by atoms with E-state index >= 15 is 0 Å². The molecule has 0 saturated heterocycles. The Kier molecular flexibility index (Phi) is 5.38. The average molecular weight is 371 g/mol. The van der Waals surface area contributed by atoms with Crippen molar-refractivity contribution in [3.63, 3.8) is 0 Å². The predicted octanol–water partition coefficient (Wildman–Crippen LogP) is 3.77. The van der Waals surface area contributed by atoms with E-state index in [0.717, 1.165) is 5.69 Å². The van der Waals surface area contributed by atoms with Crippen LogP contribution in [-0.4, -0.2) is 35.7 Å². The molecular weight excluding hydrogens is 352 g/mol. The highest BCUT2D eigenvalue weighted by Crippen LogP contribution is 2.23. The molecule has 0 aliphatic carbocycles. The van der Waals surface area contributed by atoms with Crippen molar-refractivity contribution in [2.45, 2.75) is 19.8 Å². The summed E-state index contributed by atoms with van der Waals surface area (Å²) >= 11 is 5.89. The van der Waals surface area contributed by atoms with E-state index in [-0.39, 0.29) is 17.7 Å². The normalized spacial score (nSPS) is 13.1. The third-order valence-electron chi connectivity index (χ3n) is 4.41.